The fraction of sp³-hybridized carbons (Fsp3) is 0.417. The molecule has 0 spiro atoms. The van der Waals surface area contributed by atoms with E-state index < -0.39 is 22.0 Å². The van der Waals surface area contributed by atoms with Gasteiger partial charge in [-0.05, 0) is 24.1 Å². The van der Waals surface area contributed by atoms with E-state index in [1.54, 1.807) is 13.8 Å². The number of hydrogen-bond donors (Lipinski definition) is 2. The number of aliphatic carboxylic acids is 1. The van der Waals surface area contributed by atoms with Gasteiger partial charge in [0, 0.05) is 4.47 Å². The number of rotatable bonds is 6. The third kappa shape index (κ3) is 4.18. The van der Waals surface area contributed by atoms with Crippen molar-refractivity contribution in [3.8, 4) is 0 Å². The molecule has 1 unspecified atom stereocenters. The van der Waals surface area contributed by atoms with Crippen LogP contribution in [-0.2, 0) is 14.8 Å². The lowest BCUT2D eigenvalue weighted by molar-refractivity contribution is -0.140. The largest absolute Gasteiger partial charge is 0.480 e. The average Bonchev–Trinajstić information content (AvgIpc) is 2.34. The Morgan fingerprint density at radius 2 is 2.10 bits per heavy atom. The highest BCUT2D eigenvalue weighted by molar-refractivity contribution is 9.10. The van der Waals surface area contributed by atoms with Gasteiger partial charge in [-0.3, -0.25) is 4.79 Å². The Morgan fingerprint density at radius 1 is 1.50 bits per heavy atom. The van der Waals surface area contributed by atoms with Gasteiger partial charge in [-0.15, -0.1) is 0 Å². The van der Waals surface area contributed by atoms with Crippen LogP contribution in [0.15, 0.2) is 27.6 Å². The van der Waals surface area contributed by atoms with Crippen molar-refractivity contribution in [2.45, 2.75) is 31.2 Å². The standard InChI is InChI=1S/C12H15BrClNO4S/c1-3-7(2)11(12(16)17)15-20(18,19)10-5-4-8(13)6-9(10)14/h4-7,11,15H,3H2,1-2H3,(H,16,17)/t7?,11-/m0/s1. The summed E-state index contributed by atoms with van der Waals surface area (Å²) in [7, 11) is -3.99. The normalized spacial score (nSPS) is 14.8. The van der Waals surface area contributed by atoms with Crippen molar-refractivity contribution in [3.63, 3.8) is 0 Å². The topological polar surface area (TPSA) is 83.5 Å². The molecule has 1 aromatic rings. The molecule has 0 heterocycles. The van der Waals surface area contributed by atoms with Crippen LogP contribution >= 0.6 is 27.5 Å². The number of sulfonamides is 1. The Balaban J connectivity index is 3.13. The molecule has 0 aliphatic carbocycles. The third-order valence-corrected chi connectivity index (χ3v) is 5.36. The van der Waals surface area contributed by atoms with E-state index in [1.807, 2.05) is 0 Å². The van der Waals surface area contributed by atoms with Crippen molar-refractivity contribution in [1.82, 2.24) is 4.72 Å². The van der Waals surface area contributed by atoms with Crippen molar-refractivity contribution in [2.75, 3.05) is 0 Å². The van der Waals surface area contributed by atoms with Gasteiger partial charge in [-0.1, -0.05) is 47.8 Å². The monoisotopic (exact) mass is 383 g/mol. The van der Waals surface area contributed by atoms with Gasteiger partial charge in [0.1, 0.15) is 10.9 Å². The lowest BCUT2D eigenvalue weighted by atomic mass is 10.0. The number of nitrogens with one attached hydrogen (secondary N) is 1. The van der Waals surface area contributed by atoms with E-state index >= 15 is 0 Å². The van der Waals surface area contributed by atoms with Gasteiger partial charge in [-0.2, -0.15) is 4.72 Å². The van der Waals surface area contributed by atoms with Gasteiger partial charge in [0.15, 0.2) is 0 Å². The molecule has 112 valence electrons. The van der Waals surface area contributed by atoms with Crippen LogP contribution in [0.3, 0.4) is 0 Å². The molecule has 2 atom stereocenters. The van der Waals surface area contributed by atoms with E-state index in [2.05, 4.69) is 20.7 Å². The average molecular weight is 385 g/mol. The fourth-order valence-corrected chi connectivity index (χ4v) is 3.90. The van der Waals surface area contributed by atoms with Crippen molar-refractivity contribution < 1.29 is 18.3 Å². The number of carboxylic acids is 1. The van der Waals surface area contributed by atoms with E-state index in [-0.39, 0.29) is 15.8 Å². The molecule has 8 heteroatoms. The molecule has 0 saturated heterocycles. The van der Waals surface area contributed by atoms with E-state index in [0.29, 0.717) is 10.9 Å². The summed E-state index contributed by atoms with van der Waals surface area (Å²) in [6.45, 7) is 3.46. The molecular formula is C12H15BrClNO4S. The molecule has 0 aliphatic rings. The summed E-state index contributed by atoms with van der Waals surface area (Å²) >= 11 is 9.07. The quantitative estimate of drug-likeness (QED) is 0.790. The Kier molecular flexibility index (Phi) is 6.00. The van der Waals surface area contributed by atoms with Gasteiger partial charge in [-0.25, -0.2) is 8.42 Å². The maximum Gasteiger partial charge on any atom is 0.322 e. The number of carbonyl (C=O) groups is 1. The van der Waals surface area contributed by atoms with Gasteiger partial charge in [0.05, 0.1) is 5.02 Å². The lowest BCUT2D eigenvalue weighted by Gasteiger charge is -2.20. The van der Waals surface area contributed by atoms with Crippen LogP contribution in [-0.4, -0.2) is 25.5 Å². The number of benzene rings is 1. The molecule has 0 bridgehead atoms. The van der Waals surface area contributed by atoms with Crippen molar-refractivity contribution >= 4 is 43.5 Å². The molecule has 0 fully saturated rings. The SMILES string of the molecule is CCC(C)[C@H](NS(=O)(=O)c1ccc(Br)cc1Cl)C(=O)O. The van der Waals surface area contributed by atoms with Crippen LogP contribution in [0.25, 0.3) is 0 Å². The summed E-state index contributed by atoms with van der Waals surface area (Å²) in [5.41, 5.74) is 0. The molecule has 0 saturated carbocycles. The number of halogens is 2. The van der Waals surface area contributed by atoms with Crippen molar-refractivity contribution in [1.29, 1.82) is 0 Å². The van der Waals surface area contributed by atoms with Crippen LogP contribution in [0, 0.1) is 5.92 Å². The third-order valence-electron chi connectivity index (χ3n) is 2.94. The van der Waals surface area contributed by atoms with Crippen LogP contribution in [0.1, 0.15) is 20.3 Å². The minimum Gasteiger partial charge on any atom is -0.480 e. The van der Waals surface area contributed by atoms with E-state index in [9.17, 15) is 13.2 Å². The summed E-state index contributed by atoms with van der Waals surface area (Å²) in [6, 6.07) is 3.10. The first-order valence-electron chi connectivity index (χ1n) is 5.89. The van der Waals surface area contributed by atoms with E-state index in [4.69, 9.17) is 16.7 Å². The highest BCUT2D eigenvalue weighted by Crippen LogP contribution is 2.25. The molecule has 0 aromatic heterocycles. The zero-order chi connectivity index (χ0) is 15.5. The van der Waals surface area contributed by atoms with Crippen molar-refractivity contribution in [3.05, 3.63) is 27.7 Å². The van der Waals surface area contributed by atoms with Crippen LogP contribution in [0.2, 0.25) is 5.02 Å². The maximum atomic E-state index is 12.2. The molecule has 5 nitrogen and oxygen atoms in total. The molecule has 2 N–H and O–H groups in total. The second kappa shape index (κ2) is 6.89. The van der Waals surface area contributed by atoms with E-state index in [1.165, 1.54) is 18.2 Å². The molecule has 0 aliphatic heterocycles. The Labute approximate surface area is 131 Å². The minimum atomic E-state index is -3.99. The van der Waals surface area contributed by atoms with Gasteiger partial charge < -0.3 is 5.11 Å². The summed E-state index contributed by atoms with van der Waals surface area (Å²) in [6.07, 6.45) is 0.535. The second-order valence-electron chi connectivity index (χ2n) is 4.40. The van der Waals surface area contributed by atoms with Crippen LogP contribution in [0.4, 0.5) is 0 Å². The summed E-state index contributed by atoms with van der Waals surface area (Å²) in [5.74, 6) is -1.55. The molecule has 0 radical (unpaired) electrons. The summed E-state index contributed by atoms with van der Waals surface area (Å²) in [4.78, 5) is 11.0. The Hall–Kier alpha value is -0.630. The number of carboxylic acid groups (broad SMARTS) is 1. The summed E-state index contributed by atoms with van der Waals surface area (Å²) in [5, 5.41) is 9.16. The lowest BCUT2D eigenvalue weighted by Crippen LogP contribution is -2.44. The van der Waals surface area contributed by atoms with Crippen molar-refractivity contribution in [2.24, 2.45) is 5.92 Å². The molecule has 20 heavy (non-hydrogen) atoms. The van der Waals surface area contributed by atoms with Gasteiger partial charge in [0.2, 0.25) is 10.0 Å². The molecular weight excluding hydrogens is 370 g/mol. The van der Waals surface area contributed by atoms with E-state index in [0.717, 1.165) is 0 Å². The molecule has 1 aromatic carbocycles. The second-order valence-corrected chi connectivity index (χ2v) is 7.40. The smallest absolute Gasteiger partial charge is 0.322 e. The minimum absolute atomic E-state index is 0.0279. The zero-order valence-corrected chi connectivity index (χ0v) is 14.1. The van der Waals surface area contributed by atoms with Crippen LogP contribution in [0.5, 0.6) is 0 Å². The highest BCUT2D eigenvalue weighted by atomic mass is 79.9. The first-order valence-corrected chi connectivity index (χ1v) is 8.54. The van der Waals surface area contributed by atoms with Gasteiger partial charge >= 0.3 is 5.97 Å². The zero-order valence-electron chi connectivity index (χ0n) is 10.9. The predicted octanol–water partition coefficient (Wildman–Crippen LogP) is 2.88. The fourth-order valence-electron chi connectivity index (χ4n) is 1.57. The first kappa shape index (κ1) is 17.4. The predicted molar refractivity (Wildman–Crippen MR) is 80.4 cm³/mol. The molecule has 0 amide bonds. The maximum absolute atomic E-state index is 12.2. The number of hydrogen-bond acceptors (Lipinski definition) is 3. The summed E-state index contributed by atoms with van der Waals surface area (Å²) < 4.78 is 27.3. The Bertz CT molecular complexity index is 605. The molecule has 1 rings (SSSR count). The highest BCUT2D eigenvalue weighted by Gasteiger charge is 2.30. The Morgan fingerprint density at radius 3 is 2.55 bits per heavy atom. The van der Waals surface area contributed by atoms with Crippen LogP contribution < -0.4 is 4.72 Å². The first-order chi connectivity index (χ1) is 9.19. The van der Waals surface area contributed by atoms with Gasteiger partial charge in [0.25, 0.3) is 0 Å².